The highest BCUT2D eigenvalue weighted by molar-refractivity contribution is 6.30. The minimum Gasteiger partial charge on any atom is -0.378 e. The molecule has 4 rings (SSSR count). The van der Waals surface area contributed by atoms with E-state index in [-0.39, 0.29) is 17.0 Å². The van der Waals surface area contributed by atoms with Gasteiger partial charge in [0.15, 0.2) is 0 Å². The first-order valence-electron chi connectivity index (χ1n) is 8.73. The van der Waals surface area contributed by atoms with Gasteiger partial charge in [-0.1, -0.05) is 23.7 Å². The molecule has 27 heavy (non-hydrogen) atoms. The molecule has 0 spiro atoms. The number of carbonyl (C=O) groups excluding carboxylic acids is 1. The molecule has 1 saturated heterocycles. The molecular formula is C20H18ClN3O3. The highest BCUT2D eigenvalue weighted by Crippen LogP contribution is 2.16. The van der Waals surface area contributed by atoms with Crippen molar-refractivity contribution in [1.29, 1.82) is 0 Å². The summed E-state index contributed by atoms with van der Waals surface area (Å²) < 4.78 is 6.85. The van der Waals surface area contributed by atoms with Gasteiger partial charge in [0.1, 0.15) is 11.2 Å². The molecule has 1 aliphatic heterocycles. The Hall–Kier alpha value is -2.70. The van der Waals surface area contributed by atoms with Crippen LogP contribution in [0.2, 0.25) is 5.02 Å². The van der Waals surface area contributed by atoms with Crippen LogP contribution in [0.25, 0.3) is 11.0 Å². The van der Waals surface area contributed by atoms with Gasteiger partial charge in [0.05, 0.1) is 19.8 Å². The minimum absolute atomic E-state index is 0.159. The molecule has 0 aliphatic carbocycles. The Balaban J connectivity index is 1.81. The third kappa shape index (κ3) is 3.59. The summed E-state index contributed by atoms with van der Waals surface area (Å²) in [4.78, 5) is 32.1. The lowest BCUT2D eigenvalue weighted by Crippen LogP contribution is -2.43. The summed E-state index contributed by atoms with van der Waals surface area (Å²) in [5.74, 6) is -0.265. The molecule has 6 nitrogen and oxygen atoms in total. The number of amides is 1. The number of halogens is 1. The second kappa shape index (κ2) is 7.50. The van der Waals surface area contributed by atoms with Crippen LogP contribution in [-0.4, -0.2) is 46.7 Å². The van der Waals surface area contributed by atoms with Gasteiger partial charge in [-0.25, -0.2) is 4.98 Å². The molecular weight excluding hydrogens is 366 g/mol. The van der Waals surface area contributed by atoms with E-state index < -0.39 is 0 Å². The maximum atomic E-state index is 13.2. The number of ether oxygens (including phenoxy) is 1. The molecule has 0 N–H and O–H groups in total. The predicted molar refractivity (Wildman–Crippen MR) is 103 cm³/mol. The van der Waals surface area contributed by atoms with Crippen LogP contribution >= 0.6 is 11.6 Å². The highest BCUT2D eigenvalue weighted by atomic mass is 35.5. The molecule has 0 radical (unpaired) electrons. The van der Waals surface area contributed by atoms with Crippen molar-refractivity contribution in [3.05, 3.63) is 75.2 Å². The van der Waals surface area contributed by atoms with Gasteiger partial charge in [0.2, 0.25) is 0 Å². The van der Waals surface area contributed by atoms with Crippen molar-refractivity contribution in [1.82, 2.24) is 14.5 Å². The molecule has 0 bridgehead atoms. The van der Waals surface area contributed by atoms with Crippen molar-refractivity contribution < 1.29 is 9.53 Å². The van der Waals surface area contributed by atoms with Crippen LogP contribution in [0.4, 0.5) is 0 Å². The van der Waals surface area contributed by atoms with Gasteiger partial charge in [-0.15, -0.1) is 0 Å². The molecule has 0 saturated carbocycles. The number of benzene rings is 1. The maximum Gasteiger partial charge on any atom is 0.265 e. The zero-order valence-electron chi connectivity index (χ0n) is 14.6. The van der Waals surface area contributed by atoms with Gasteiger partial charge in [0.25, 0.3) is 11.5 Å². The SMILES string of the molecule is O=C(c1cc2cccnc2n(Cc2ccc(Cl)cc2)c1=O)N1CCOCC1. The maximum absolute atomic E-state index is 13.2. The molecule has 7 heteroatoms. The summed E-state index contributed by atoms with van der Waals surface area (Å²) in [6.45, 7) is 2.26. The van der Waals surface area contributed by atoms with E-state index in [0.29, 0.717) is 43.5 Å². The second-order valence-electron chi connectivity index (χ2n) is 6.40. The van der Waals surface area contributed by atoms with Gasteiger partial charge < -0.3 is 9.64 Å². The fraction of sp³-hybridized carbons (Fsp3) is 0.250. The first kappa shape index (κ1) is 17.7. The Morgan fingerprint density at radius 3 is 2.63 bits per heavy atom. The summed E-state index contributed by atoms with van der Waals surface area (Å²) in [5.41, 5.74) is 1.28. The Kier molecular flexibility index (Phi) is 4.92. The van der Waals surface area contributed by atoms with Gasteiger partial charge in [-0.05, 0) is 35.9 Å². The minimum atomic E-state index is -0.340. The molecule has 1 aliphatic rings. The standard InChI is InChI=1S/C20H18ClN3O3/c21-16-5-3-14(4-6-16)13-24-18-15(2-1-7-22-18)12-17(20(24)26)19(25)23-8-10-27-11-9-23/h1-7,12H,8-11,13H2. The molecule has 1 aromatic carbocycles. The lowest BCUT2D eigenvalue weighted by atomic mass is 10.1. The van der Waals surface area contributed by atoms with Crippen molar-refractivity contribution >= 4 is 28.5 Å². The van der Waals surface area contributed by atoms with Gasteiger partial charge in [-0.3, -0.25) is 14.2 Å². The lowest BCUT2D eigenvalue weighted by Gasteiger charge is -2.27. The van der Waals surface area contributed by atoms with Crippen LogP contribution in [0.15, 0.2) is 53.5 Å². The highest BCUT2D eigenvalue weighted by Gasteiger charge is 2.23. The van der Waals surface area contributed by atoms with E-state index in [1.807, 2.05) is 18.2 Å². The van der Waals surface area contributed by atoms with Crippen LogP contribution in [0.1, 0.15) is 15.9 Å². The van der Waals surface area contributed by atoms with E-state index in [1.165, 1.54) is 0 Å². The number of nitrogens with zero attached hydrogens (tertiary/aromatic N) is 3. The third-order valence-electron chi connectivity index (χ3n) is 4.63. The first-order valence-corrected chi connectivity index (χ1v) is 9.11. The summed E-state index contributed by atoms with van der Waals surface area (Å²) >= 11 is 5.95. The number of carbonyl (C=O) groups is 1. The van der Waals surface area contributed by atoms with E-state index in [1.54, 1.807) is 39.9 Å². The number of hydrogen-bond acceptors (Lipinski definition) is 4. The number of rotatable bonds is 3. The van der Waals surface area contributed by atoms with Crippen molar-refractivity contribution in [3.8, 4) is 0 Å². The third-order valence-corrected chi connectivity index (χ3v) is 4.88. The fourth-order valence-electron chi connectivity index (χ4n) is 3.22. The largest absolute Gasteiger partial charge is 0.378 e. The Morgan fingerprint density at radius 1 is 1.15 bits per heavy atom. The number of morpholine rings is 1. The summed E-state index contributed by atoms with van der Waals surface area (Å²) in [7, 11) is 0. The average Bonchev–Trinajstić information content (AvgIpc) is 2.71. The topological polar surface area (TPSA) is 64.4 Å². The summed E-state index contributed by atoms with van der Waals surface area (Å²) in [6, 6.07) is 12.6. The number of hydrogen-bond donors (Lipinski definition) is 0. The van der Waals surface area contributed by atoms with Crippen LogP contribution in [0.5, 0.6) is 0 Å². The molecule has 0 unspecified atom stereocenters. The molecule has 2 aromatic heterocycles. The molecule has 138 valence electrons. The van der Waals surface area contributed by atoms with Crippen LogP contribution in [-0.2, 0) is 11.3 Å². The van der Waals surface area contributed by atoms with Crippen LogP contribution < -0.4 is 5.56 Å². The van der Waals surface area contributed by atoms with Gasteiger partial charge >= 0.3 is 0 Å². The normalized spacial score (nSPS) is 14.5. The zero-order chi connectivity index (χ0) is 18.8. The van der Waals surface area contributed by atoms with E-state index >= 15 is 0 Å². The zero-order valence-corrected chi connectivity index (χ0v) is 15.4. The monoisotopic (exact) mass is 383 g/mol. The quantitative estimate of drug-likeness (QED) is 0.697. The van der Waals surface area contributed by atoms with E-state index in [0.717, 1.165) is 10.9 Å². The van der Waals surface area contributed by atoms with Crippen molar-refractivity contribution in [2.75, 3.05) is 26.3 Å². The molecule has 3 heterocycles. The van der Waals surface area contributed by atoms with Crippen LogP contribution in [0.3, 0.4) is 0 Å². The van der Waals surface area contributed by atoms with Crippen molar-refractivity contribution in [3.63, 3.8) is 0 Å². The molecule has 1 amide bonds. The Labute approximate surface area is 161 Å². The second-order valence-corrected chi connectivity index (χ2v) is 6.83. The smallest absolute Gasteiger partial charge is 0.265 e. The number of pyridine rings is 2. The Morgan fingerprint density at radius 2 is 1.89 bits per heavy atom. The average molecular weight is 384 g/mol. The number of fused-ring (bicyclic) bond motifs is 1. The lowest BCUT2D eigenvalue weighted by molar-refractivity contribution is 0.0301. The van der Waals surface area contributed by atoms with E-state index in [9.17, 15) is 9.59 Å². The fourth-order valence-corrected chi connectivity index (χ4v) is 3.34. The van der Waals surface area contributed by atoms with Gasteiger partial charge in [-0.2, -0.15) is 0 Å². The molecule has 3 aromatic rings. The summed E-state index contributed by atoms with van der Waals surface area (Å²) in [5, 5.41) is 1.38. The van der Waals surface area contributed by atoms with Crippen molar-refractivity contribution in [2.24, 2.45) is 0 Å². The molecule has 1 fully saturated rings. The Bertz CT molecular complexity index is 1040. The molecule has 0 atom stereocenters. The van der Waals surface area contributed by atoms with Gasteiger partial charge in [0, 0.05) is 29.7 Å². The van der Waals surface area contributed by atoms with Crippen LogP contribution in [0, 0.1) is 0 Å². The van der Waals surface area contributed by atoms with E-state index in [2.05, 4.69) is 4.98 Å². The first-order chi connectivity index (χ1) is 13.1. The predicted octanol–water partition coefficient (Wildman–Crippen LogP) is 2.57. The number of aromatic nitrogens is 2. The summed E-state index contributed by atoms with van der Waals surface area (Å²) in [6.07, 6.45) is 1.64. The van der Waals surface area contributed by atoms with E-state index in [4.69, 9.17) is 16.3 Å². The van der Waals surface area contributed by atoms with Crippen molar-refractivity contribution in [2.45, 2.75) is 6.54 Å².